The smallest absolute Gasteiger partial charge is 0.223 e. The van der Waals surface area contributed by atoms with Crippen LogP contribution >= 0.6 is 0 Å². The Kier molecular flexibility index (Phi) is 5.12. The largest absolute Gasteiger partial charge is 0.356 e. The molecule has 0 radical (unpaired) electrons. The van der Waals surface area contributed by atoms with Crippen molar-refractivity contribution in [1.29, 1.82) is 0 Å². The maximum absolute atomic E-state index is 12.1. The minimum atomic E-state index is -0.0477. The van der Waals surface area contributed by atoms with Gasteiger partial charge in [0.25, 0.3) is 0 Å². The quantitative estimate of drug-likeness (QED) is 0.753. The zero-order chi connectivity index (χ0) is 14.4. The van der Waals surface area contributed by atoms with Crippen LogP contribution in [-0.2, 0) is 22.7 Å². The van der Waals surface area contributed by atoms with E-state index in [4.69, 9.17) is 5.73 Å². The highest BCUT2D eigenvalue weighted by molar-refractivity contribution is 5.77. The first-order valence-corrected chi connectivity index (χ1v) is 7.02. The number of nitrogens with two attached hydrogens (primary N) is 1. The van der Waals surface area contributed by atoms with E-state index in [1.54, 1.807) is 0 Å². The predicted octanol–water partition coefficient (Wildman–Crippen LogP) is 0.774. The van der Waals surface area contributed by atoms with E-state index >= 15 is 0 Å². The molecule has 108 valence electrons. The number of benzene rings is 1. The molecule has 0 aromatic heterocycles. The van der Waals surface area contributed by atoms with Gasteiger partial charge in [0.1, 0.15) is 0 Å². The van der Waals surface area contributed by atoms with E-state index in [1.165, 1.54) is 11.1 Å². The van der Waals surface area contributed by atoms with Gasteiger partial charge in [-0.1, -0.05) is 24.3 Å². The minimum Gasteiger partial charge on any atom is -0.356 e. The zero-order valence-electron chi connectivity index (χ0n) is 11.6. The topological polar surface area (TPSA) is 75.4 Å². The second-order valence-electron chi connectivity index (χ2n) is 5.01. The van der Waals surface area contributed by atoms with Crippen LogP contribution in [0.15, 0.2) is 24.3 Å². The van der Waals surface area contributed by atoms with Crippen LogP contribution in [0.25, 0.3) is 0 Å². The Morgan fingerprint density at radius 1 is 1.15 bits per heavy atom. The fourth-order valence-electron chi connectivity index (χ4n) is 2.35. The molecule has 0 fully saturated rings. The molecule has 3 N–H and O–H groups in total. The third-order valence-electron chi connectivity index (χ3n) is 3.45. The SMILES string of the molecule is NCCC(=O)NCCCC(=O)N1Cc2ccccc2C1. The van der Waals surface area contributed by atoms with Crippen LogP contribution in [0.5, 0.6) is 0 Å². The molecule has 0 spiro atoms. The van der Waals surface area contributed by atoms with E-state index in [0.717, 1.165) is 0 Å². The number of carbonyl (C=O) groups is 2. The molecule has 0 aliphatic carbocycles. The normalized spacial score (nSPS) is 13.2. The third kappa shape index (κ3) is 3.81. The molecule has 1 aliphatic rings. The molecule has 0 saturated carbocycles. The molecule has 0 saturated heterocycles. The van der Waals surface area contributed by atoms with Crippen molar-refractivity contribution in [3.8, 4) is 0 Å². The lowest BCUT2D eigenvalue weighted by atomic mass is 10.1. The lowest BCUT2D eigenvalue weighted by molar-refractivity contribution is -0.132. The van der Waals surface area contributed by atoms with Crippen molar-refractivity contribution in [2.24, 2.45) is 5.73 Å². The number of carbonyl (C=O) groups excluding carboxylic acids is 2. The minimum absolute atomic E-state index is 0.0477. The van der Waals surface area contributed by atoms with Gasteiger partial charge in [-0.2, -0.15) is 0 Å². The van der Waals surface area contributed by atoms with Crippen LogP contribution in [-0.4, -0.2) is 29.8 Å². The van der Waals surface area contributed by atoms with Crippen LogP contribution in [0.2, 0.25) is 0 Å². The summed E-state index contributed by atoms with van der Waals surface area (Å²) in [5.74, 6) is 0.0998. The standard InChI is InChI=1S/C15H21N3O2/c16-8-7-14(19)17-9-3-6-15(20)18-10-12-4-1-2-5-13(12)11-18/h1-2,4-5H,3,6-11,16H2,(H,17,19). The molecule has 1 aliphatic heterocycles. The number of nitrogens with one attached hydrogen (secondary N) is 1. The van der Waals surface area contributed by atoms with Crippen molar-refractivity contribution in [2.75, 3.05) is 13.1 Å². The summed E-state index contributed by atoms with van der Waals surface area (Å²) in [7, 11) is 0. The zero-order valence-corrected chi connectivity index (χ0v) is 11.6. The summed E-state index contributed by atoms with van der Waals surface area (Å²) in [6.45, 7) is 2.30. The van der Waals surface area contributed by atoms with Gasteiger partial charge in [-0.05, 0) is 17.5 Å². The van der Waals surface area contributed by atoms with Crippen molar-refractivity contribution in [2.45, 2.75) is 32.4 Å². The maximum atomic E-state index is 12.1. The molecule has 5 nitrogen and oxygen atoms in total. The second kappa shape index (κ2) is 7.05. The number of hydrogen-bond acceptors (Lipinski definition) is 3. The summed E-state index contributed by atoms with van der Waals surface area (Å²) in [5, 5.41) is 2.76. The van der Waals surface area contributed by atoms with Crippen LogP contribution in [0, 0.1) is 0 Å². The molecule has 2 rings (SSSR count). The number of amides is 2. The summed E-state index contributed by atoms with van der Waals surface area (Å²) in [6.07, 6.45) is 1.48. The highest BCUT2D eigenvalue weighted by Gasteiger charge is 2.22. The Morgan fingerprint density at radius 3 is 2.40 bits per heavy atom. The molecule has 1 aromatic carbocycles. The lowest BCUT2D eigenvalue weighted by Gasteiger charge is -2.15. The molecular formula is C15H21N3O2. The Labute approximate surface area is 119 Å². The monoisotopic (exact) mass is 275 g/mol. The van der Waals surface area contributed by atoms with E-state index in [1.807, 2.05) is 17.0 Å². The Balaban J connectivity index is 1.68. The van der Waals surface area contributed by atoms with Crippen LogP contribution in [0.1, 0.15) is 30.4 Å². The van der Waals surface area contributed by atoms with Gasteiger partial charge >= 0.3 is 0 Å². The first-order valence-electron chi connectivity index (χ1n) is 7.02. The first kappa shape index (κ1) is 14.5. The van der Waals surface area contributed by atoms with Gasteiger partial charge in [-0.3, -0.25) is 9.59 Å². The van der Waals surface area contributed by atoms with Gasteiger partial charge in [0.05, 0.1) is 0 Å². The third-order valence-corrected chi connectivity index (χ3v) is 3.45. The van der Waals surface area contributed by atoms with Gasteiger partial charge in [0, 0.05) is 39.0 Å². The van der Waals surface area contributed by atoms with E-state index in [2.05, 4.69) is 17.4 Å². The van der Waals surface area contributed by atoms with Gasteiger partial charge in [0.2, 0.25) is 11.8 Å². The molecule has 0 unspecified atom stereocenters. The summed E-state index contributed by atoms with van der Waals surface area (Å²) in [5.41, 5.74) is 7.75. The lowest BCUT2D eigenvalue weighted by Crippen LogP contribution is -2.29. The van der Waals surface area contributed by atoms with Crippen LogP contribution in [0.3, 0.4) is 0 Å². The molecule has 1 aromatic rings. The summed E-state index contributed by atoms with van der Waals surface area (Å²) >= 11 is 0. The molecule has 0 bridgehead atoms. The Hall–Kier alpha value is -1.88. The van der Waals surface area contributed by atoms with E-state index in [0.29, 0.717) is 45.4 Å². The summed E-state index contributed by atoms with van der Waals surface area (Å²) in [6, 6.07) is 8.13. The van der Waals surface area contributed by atoms with Gasteiger partial charge in [-0.15, -0.1) is 0 Å². The average molecular weight is 275 g/mol. The first-order chi connectivity index (χ1) is 9.70. The van der Waals surface area contributed by atoms with Gasteiger partial charge in [0.15, 0.2) is 0 Å². The van der Waals surface area contributed by atoms with E-state index < -0.39 is 0 Å². The van der Waals surface area contributed by atoms with Crippen molar-refractivity contribution in [3.63, 3.8) is 0 Å². The number of hydrogen-bond donors (Lipinski definition) is 2. The molecule has 5 heteroatoms. The number of fused-ring (bicyclic) bond motifs is 1. The fourth-order valence-corrected chi connectivity index (χ4v) is 2.35. The van der Waals surface area contributed by atoms with Crippen LogP contribution < -0.4 is 11.1 Å². The maximum Gasteiger partial charge on any atom is 0.223 e. The van der Waals surface area contributed by atoms with Crippen LogP contribution in [0.4, 0.5) is 0 Å². The number of rotatable bonds is 6. The molecule has 2 amide bonds. The Bertz CT molecular complexity index is 463. The Morgan fingerprint density at radius 2 is 1.80 bits per heavy atom. The van der Waals surface area contributed by atoms with E-state index in [-0.39, 0.29) is 11.8 Å². The molecule has 20 heavy (non-hydrogen) atoms. The predicted molar refractivity (Wildman–Crippen MR) is 76.6 cm³/mol. The highest BCUT2D eigenvalue weighted by Crippen LogP contribution is 2.22. The van der Waals surface area contributed by atoms with Crippen molar-refractivity contribution in [3.05, 3.63) is 35.4 Å². The van der Waals surface area contributed by atoms with Crippen molar-refractivity contribution in [1.82, 2.24) is 10.2 Å². The summed E-state index contributed by atoms with van der Waals surface area (Å²) in [4.78, 5) is 25.2. The highest BCUT2D eigenvalue weighted by atomic mass is 16.2. The van der Waals surface area contributed by atoms with Crippen molar-refractivity contribution >= 4 is 11.8 Å². The fraction of sp³-hybridized carbons (Fsp3) is 0.467. The summed E-state index contributed by atoms with van der Waals surface area (Å²) < 4.78 is 0. The second-order valence-corrected chi connectivity index (χ2v) is 5.01. The van der Waals surface area contributed by atoms with Crippen molar-refractivity contribution < 1.29 is 9.59 Å². The molecule has 1 heterocycles. The molecule has 0 atom stereocenters. The molecular weight excluding hydrogens is 254 g/mol. The number of nitrogens with zero attached hydrogens (tertiary/aromatic N) is 1. The van der Waals surface area contributed by atoms with Gasteiger partial charge in [-0.25, -0.2) is 0 Å². The average Bonchev–Trinajstić information content (AvgIpc) is 2.87. The van der Waals surface area contributed by atoms with Gasteiger partial charge < -0.3 is 16.0 Å². The van der Waals surface area contributed by atoms with E-state index in [9.17, 15) is 9.59 Å².